The van der Waals surface area contributed by atoms with Gasteiger partial charge in [0.05, 0.1) is 5.56 Å². The SMILES string of the molecule is O=C(Nc1ccc(Br)cc1)c1cccc(F)c1F. The Morgan fingerprint density at radius 1 is 1.06 bits per heavy atom. The zero-order valence-electron chi connectivity index (χ0n) is 9.08. The van der Waals surface area contributed by atoms with Gasteiger partial charge in [-0.25, -0.2) is 8.78 Å². The summed E-state index contributed by atoms with van der Waals surface area (Å²) >= 11 is 3.26. The van der Waals surface area contributed by atoms with E-state index < -0.39 is 17.5 Å². The first kappa shape index (κ1) is 12.7. The van der Waals surface area contributed by atoms with Gasteiger partial charge in [-0.3, -0.25) is 4.79 Å². The van der Waals surface area contributed by atoms with Gasteiger partial charge >= 0.3 is 0 Å². The van der Waals surface area contributed by atoms with Crippen molar-refractivity contribution in [2.75, 3.05) is 5.32 Å². The average Bonchev–Trinajstić information content (AvgIpc) is 2.35. The van der Waals surface area contributed by atoms with Crippen LogP contribution in [0.15, 0.2) is 46.9 Å². The Morgan fingerprint density at radius 3 is 2.39 bits per heavy atom. The molecule has 0 radical (unpaired) electrons. The molecule has 0 unspecified atom stereocenters. The third kappa shape index (κ3) is 2.73. The number of amides is 1. The maximum Gasteiger partial charge on any atom is 0.258 e. The minimum absolute atomic E-state index is 0.321. The lowest BCUT2D eigenvalue weighted by atomic mass is 10.2. The van der Waals surface area contributed by atoms with Gasteiger partial charge in [0.2, 0.25) is 0 Å². The second kappa shape index (κ2) is 5.27. The fourth-order valence-electron chi connectivity index (χ4n) is 1.41. The van der Waals surface area contributed by atoms with Gasteiger partial charge in [0.25, 0.3) is 5.91 Å². The highest BCUT2D eigenvalue weighted by molar-refractivity contribution is 9.10. The van der Waals surface area contributed by atoms with E-state index in [1.807, 2.05) is 0 Å². The van der Waals surface area contributed by atoms with Gasteiger partial charge in [-0.2, -0.15) is 0 Å². The van der Waals surface area contributed by atoms with Crippen LogP contribution in [0.2, 0.25) is 0 Å². The van der Waals surface area contributed by atoms with Crippen LogP contribution in [-0.2, 0) is 0 Å². The highest BCUT2D eigenvalue weighted by Crippen LogP contribution is 2.17. The van der Waals surface area contributed by atoms with Crippen LogP contribution in [0.3, 0.4) is 0 Å². The van der Waals surface area contributed by atoms with Crippen molar-refractivity contribution in [1.29, 1.82) is 0 Å². The number of hydrogen-bond donors (Lipinski definition) is 1. The number of benzene rings is 2. The van der Waals surface area contributed by atoms with Crippen LogP contribution >= 0.6 is 15.9 Å². The number of nitrogens with one attached hydrogen (secondary N) is 1. The third-order valence-electron chi connectivity index (χ3n) is 2.30. The fraction of sp³-hybridized carbons (Fsp3) is 0. The van der Waals surface area contributed by atoms with E-state index in [-0.39, 0.29) is 5.56 Å². The maximum absolute atomic E-state index is 13.4. The highest BCUT2D eigenvalue weighted by atomic mass is 79.9. The number of carbonyl (C=O) groups excluding carboxylic acids is 1. The van der Waals surface area contributed by atoms with Gasteiger partial charge in [-0.1, -0.05) is 22.0 Å². The molecule has 2 aromatic rings. The first-order chi connectivity index (χ1) is 8.58. The lowest BCUT2D eigenvalue weighted by Gasteiger charge is -2.06. The summed E-state index contributed by atoms with van der Waals surface area (Å²) in [6, 6.07) is 10.3. The van der Waals surface area contributed by atoms with Crippen LogP contribution in [0.5, 0.6) is 0 Å². The van der Waals surface area contributed by atoms with Gasteiger partial charge in [0.1, 0.15) is 0 Å². The molecule has 1 amide bonds. The molecule has 2 rings (SSSR count). The summed E-state index contributed by atoms with van der Waals surface area (Å²) in [4.78, 5) is 11.7. The van der Waals surface area contributed by atoms with Gasteiger partial charge in [0, 0.05) is 10.2 Å². The molecule has 0 aliphatic heterocycles. The second-order valence-electron chi connectivity index (χ2n) is 3.56. The molecule has 0 spiro atoms. The smallest absolute Gasteiger partial charge is 0.258 e. The predicted molar refractivity (Wildman–Crippen MR) is 68.5 cm³/mol. The zero-order chi connectivity index (χ0) is 13.1. The topological polar surface area (TPSA) is 29.1 Å². The van der Waals surface area contributed by atoms with E-state index in [4.69, 9.17) is 0 Å². The number of halogens is 3. The molecule has 5 heteroatoms. The first-order valence-electron chi connectivity index (χ1n) is 5.09. The van der Waals surface area contributed by atoms with Gasteiger partial charge in [-0.05, 0) is 36.4 Å². The predicted octanol–water partition coefficient (Wildman–Crippen LogP) is 3.98. The Bertz CT molecular complexity index is 584. The summed E-state index contributed by atoms with van der Waals surface area (Å²) in [5.74, 6) is -2.88. The molecule has 0 heterocycles. The van der Waals surface area contributed by atoms with Crippen molar-refractivity contribution in [1.82, 2.24) is 0 Å². The quantitative estimate of drug-likeness (QED) is 0.893. The summed E-state index contributed by atoms with van der Waals surface area (Å²) < 4.78 is 27.2. The van der Waals surface area contributed by atoms with Crippen molar-refractivity contribution in [2.24, 2.45) is 0 Å². The van der Waals surface area contributed by atoms with Crippen LogP contribution in [0, 0.1) is 11.6 Å². The Hall–Kier alpha value is -1.75. The number of anilines is 1. The number of carbonyl (C=O) groups is 1. The molecular weight excluding hydrogens is 304 g/mol. The molecule has 0 aromatic heterocycles. The van der Waals surface area contributed by atoms with E-state index in [1.54, 1.807) is 24.3 Å². The molecule has 1 N–H and O–H groups in total. The summed E-state index contributed by atoms with van der Waals surface area (Å²) in [5, 5.41) is 2.49. The van der Waals surface area contributed by atoms with E-state index in [9.17, 15) is 13.6 Å². The lowest BCUT2D eigenvalue weighted by molar-refractivity contribution is 0.102. The number of hydrogen-bond acceptors (Lipinski definition) is 1. The largest absolute Gasteiger partial charge is 0.322 e. The molecule has 0 atom stereocenters. The molecule has 0 fully saturated rings. The Balaban J connectivity index is 2.22. The Labute approximate surface area is 111 Å². The normalized spacial score (nSPS) is 10.2. The molecule has 92 valence electrons. The first-order valence-corrected chi connectivity index (χ1v) is 5.88. The average molecular weight is 312 g/mol. The van der Waals surface area contributed by atoms with Crippen LogP contribution in [0.4, 0.5) is 14.5 Å². The van der Waals surface area contributed by atoms with E-state index in [0.717, 1.165) is 10.5 Å². The monoisotopic (exact) mass is 311 g/mol. The van der Waals surface area contributed by atoms with Crippen molar-refractivity contribution >= 4 is 27.5 Å². The molecule has 0 saturated heterocycles. The van der Waals surface area contributed by atoms with Crippen LogP contribution in [0.25, 0.3) is 0 Å². The third-order valence-corrected chi connectivity index (χ3v) is 2.83. The lowest BCUT2D eigenvalue weighted by Crippen LogP contribution is -2.14. The molecule has 0 saturated carbocycles. The van der Waals surface area contributed by atoms with E-state index in [2.05, 4.69) is 21.2 Å². The second-order valence-corrected chi connectivity index (χ2v) is 4.48. The Morgan fingerprint density at radius 2 is 1.72 bits per heavy atom. The zero-order valence-corrected chi connectivity index (χ0v) is 10.7. The van der Waals surface area contributed by atoms with Crippen LogP contribution in [-0.4, -0.2) is 5.91 Å². The van der Waals surface area contributed by atoms with E-state index in [0.29, 0.717) is 5.69 Å². The summed E-state index contributed by atoms with van der Waals surface area (Å²) in [6.07, 6.45) is 0. The van der Waals surface area contributed by atoms with Crippen molar-refractivity contribution in [3.8, 4) is 0 Å². The minimum Gasteiger partial charge on any atom is -0.322 e. The summed E-state index contributed by atoms with van der Waals surface area (Å²) in [6.45, 7) is 0. The van der Waals surface area contributed by atoms with E-state index >= 15 is 0 Å². The molecule has 18 heavy (non-hydrogen) atoms. The van der Waals surface area contributed by atoms with Gasteiger partial charge in [0.15, 0.2) is 11.6 Å². The van der Waals surface area contributed by atoms with Gasteiger partial charge in [-0.15, -0.1) is 0 Å². The molecule has 0 bridgehead atoms. The Kier molecular flexibility index (Phi) is 3.72. The van der Waals surface area contributed by atoms with Crippen molar-refractivity contribution in [3.05, 3.63) is 64.1 Å². The maximum atomic E-state index is 13.4. The molecule has 0 aliphatic carbocycles. The van der Waals surface area contributed by atoms with Crippen LogP contribution < -0.4 is 5.32 Å². The molecule has 2 aromatic carbocycles. The number of rotatable bonds is 2. The fourth-order valence-corrected chi connectivity index (χ4v) is 1.68. The summed E-state index contributed by atoms with van der Waals surface area (Å²) in [7, 11) is 0. The van der Waals surface area contributed by atoms with Crippen LogP contribution in [0.1, 0.15) is 10.4 Å². The van der Waals surface area contributed by atoms with Crippen molar-refractivity contribution in [2.45, 2.75) is 0 Å². The molecule has 0 aliphatic rings. The van der Waals surface area contributed by atoms with Crippen molar-refractivity contribution < 1.29 is 13.6 Å². The molecule has 2 nitrogen and oxygen atoms in total. The summed E-state index contributed by atoms with van der Waals surface area (Å²) in [5.41, 5.74) is 0.185. The van der Waals surface area contributed by atoms with Crippen molar-refractivity contribution in [3.63, 3.8) is 0 Å². The molecular formula is C13H8BrF2NO. The highest BCUT2D eigenvalue weighted by Gasteiger charge is 2.14. The van der Waals surface area contributed by atoms with E-state index in [1.165, 1.54) is 12.1 Å². The minimum atomic E-state index is -1.15. The van der Waals surface area contributed by atoms with Gasteiger partial charge < -0.3 is 5.32 Å². The standard InChI is InChI=1S/C13H8BrF2NO/c14-8-4-6-9(7-5-8)17-13(18)10-2-1-3-11(15)12(10)16/h1-7H,(H,17,18).